The lowest BCUT2D eigenvalue weighted by atomic mass is 9.49. The first-order valence-electron chi connectivity index (χ1n) is 12.4. The molecule has 0 heterocycles. The molecule has 2 amide bonds. The minimum absolute atomic E-state index is 0.0300. The number of alkyl halides is 2. The molecule has 2 N–H and O–H groups in total. The Kier molecular flexibility index (Phi) is 7.33. The molecule has 4 aliphatic carbocycles. The number of rotatable bonds is 10. The largest absolute Gasteiger partial charge is 0.493 e. The smallest absolute Gasteiger partial charge is 0.387 e. The van der Waals surface area contributed by atoms with Crippen LogP contribution in [-0.4, -0.2) is 38.1 Å². The third-order valence-electron chi connectivity index (χ3n) is 7.91. The maximum absolute atomic E-state index is 13.4. The number of carbonyl (C=O) groups is 2. The first-order chi connectivity index (χ1) is 16.2. The number of nitrogens with one attached hydrogen (secondary N) is 2. The van der Waals surface area contributed by atoms with Crippen molar-refractivity contribution in [2.45, 2.75) is 71.4 Å². The molecule has 0 aliphatic heterocycles. The third-order valence-corrected chi connectivity index (χ3v) is 7.91. The van der Waals surface area contributed by atoms with E-state index in [4.69, 9.17) is 4.74 Å². The summed E-state index contributed by atoms with van der Waals surface area (Å²) in [5.74, 6) is 2.00. The molecular formula is C26H36F2N2O4. The number of halogens is 2. The number of methoxy groups -OCH3 is 1. The molecule has 1 atom stereocenters. The van der Waals surface area contributed by atoms with E-state index in [-0.39, 0.29) is 34.6 Å². The molecule has 8 heteroatoms. The van der Waals surface area contributed by atoms with Crippen molar-refractivity contribution in [3.8, 4) is 11.5 Å². The van der Waals surface area contributed by atoms with Crippen molar-refractivity contribution in [2.75, 3.05) is 13.7 Å². The van der Waals surface area contributed by atoms with Gasteiger partial charge in [-0.15, -0.1) is 0 Å². The molecule has 1 aromatic carbocycles. The first kappa shape index (κ1) is 24.7. The summed E-state index contributed by atoms with van der Waals surface area (Å²) in [6, 6.07) is 4.14. The molecule has 0 aromatic heterocycles. The van der Waals surface area contributed by atoms with E-state index in [1.54, 1.807) is 12.1 Å². The lowest BCUT2D eigenvalue weighted by Crippen LogP contribution is -2.58. The van der Waals surface area contributed by atoms with E-state index in [0.29, 0.717) is 30.7 Å². The zero-order valence-corrected chi connectivity index (χ0v) is 20.2. The Hall–Kier alpha value is -2.38. The van der Waals surface area contributed by atoms with Crippen molar-refractivity contribution < 1.29 is 27.8 Å². The van der Waals surface area contributed by atoms with Gasteiger partial charge < -0.3 is 20.1 Å². The molecule has 34 heavy (non-hydrogen) atoms. The molecule has 0 spiro atoms. The number of hydrogen-bond acceptors (Lipinski definition) is 4. The van der Waals surface area contributed by atoms with Crippen molar-refractivity contribution in [3.05, 3.63) is 23.8 Å². The van der Waals surface area contributed by atoms with Gasteiger partial charge in [0.1, 0.15) is 6.04 Å². The predicted octanol–water partition coefficient (Wildman–Crippen LogP) is 4.31. The van der Waals surface area contributed by atoms with Crippen LogP contribution < -0.4 is 20.1 Å². The number of benzene rings is 1. The fourth-order valence-corrected chi connectivity index (χ4v) is 6.72. The summed E-state index contributed by atoms with van der Waals surface area (Å²) < 4.78 is 34.6. The van der Waals surface area contributed by atoms with Gasteiger partial charge in [-0.25, -0.2) is 0 Å². The van der Waals surface area contributed by atoms with E-state index < -0.39 is 12.7 Å². The molecule has 1 aromatic rings. The van der Waals surface area contributed by atoms with Crippen LogP contribution in [-0.2, 0) is 16.0 Å². The molecule has 5 rings (SSSR count). The van der Waals surface area contributed by atoms with E-state index in [9.17, 15) is 18.4 Å². The van der Waals surface area contributed by atoms with Gasteiger partial charge in [-0.2, -0.15) is 8.78 Å². The Balaban J connectivity index is 1.33. The number of carbonyl (C=O) groups excluding carboxylic acids is 2. The lowest BCUT2D eigenvalue weighted by molar-refractivity contribution is -0.149. The van der Waals surface area contributed by atoms with E-state index in [1.165, 1.54) is 32.4 Å². The van der Waals surface area contributed by atoms with Gasteiger partial charge >= 0.3 is 6.61 Å². The predicted molar refractivity (Wildman–Crippen MR) is 124 cm³/mol. The van der Waals surface area contributed by atoms with Crippen LogP contribution in [0.3, 0.4) is 0 Å². The Bertz CT molecular complexity index is 870. The van der Waals surface area contributed by atoms with Gasteiger partial charge in [-0.1, -0.05) is 19.9 Å². The van der Waals surface area contributed by atoms with Crippen LogP contribution in [0.4, 0.5) is 8.78 Å². The average molecular weight is 479 g/mol. The van der Waals surface area contributed by atoms with E-state index >= 15 is 0 Å². The molecule has 4 bridgehead atoms. The zero-order chi connectivity index (χ0) is 24.5. The van der Waals surface area contributed by atoms with Gasteiger partial charge in [0.2, 0.25) is 11.8 Å². The van der Waals surface area contributed by atoms with Gasteiger partial charge in [-0.3, -0.25) is 9.59 Å². The van der Waals surface area contributed by atoms with Crippen LogP contribution >= 0.6 is 0 Å². The SMILES string of the molecule is COc1cc(CCNC(=O)C(NC(=O)C23CC4CC(CC(C4)C2)C3)C(C)C)ccc1OC(F)F. The molecular weight excluding hydrogens is 442 g/mol. The highest BCUT2D eigenvalue weighted by Crippen LogP contribution is 2.60. The highest BCUT2D eigenvalue weighted by molar-refractivity contribution is 5.90. The Labute approximate surface area is 200 Å². The summed E-state index contributed by atoms with van der Waals surface area (Å²) in [6.45, 7) is 1.31. The van der Waals surface area contributed by atoms with Crippen LogP contribution in [0.5, 0.6) is 11.5 Å². The second kappa shape index (κ2) is 10.1. The minimum Gasteiger partial charge on any atom is -0.493 e. The van der Waals surface area contributed by atoms with Crippen molar-refractivity contribution in [2.24, 2.45) is 29.1 Å². The normalized spacial score (nSPS) is 28.1. The van der Waals surface area contributed by atoms with Gasteiger partial charge in [0, 0.05) is 12.0 Å². The van der Waals surface area contributed by atoms with Crippen LogP contribution in [0.1, 0.15) is 57.9 Å². The van der Waals surface area contributed by atoms with Crippen LogP contribution in [0, 0.1) is 29.1 Å². The first-order valence-corrected chi connectivity index (χ1v) is 12.4. The molecule has 188 valence electrons. The number of hydrogen-bond donors (Lipinski definition) is 2. The zero-order valence-electron chi connectivity index (χ0n) is 20.2. The quantitative estimate of drug-likeness (QED) is 0.525. The van der Waals surface area contributed by atoms with Gasteiger partial charge in [0.15, 0.2) is 11.5 Å². The number of amides is 2. The van der Waals surface area contributed by atoms with Gasteiger partial charge in [0.25, 0.3) is 0 Å². The Morgan fingerprint density at radius 2 is 1.68 bits per heavy atom. The topological polar surface area (TPSA) is 76.7 Å². The summed E-state index contributed by atoms with van der Waals surface area (Å²) in [5, 5.41) is 6.04. The summed E-state index contributed by atoms with van der Waals surface area (Å²) in [6.07, 6.45) is 7.17. The van der Waals surface area contributed by atoms with E-state index in [1.807, 2.05) is 13.8 Å². The molecule has 1 unspecified atom stereocenters. The maximum atomic E-state index is 13.4. The molecule has 4 saturated carbocycles. The fourth-order valence-electron chi connectivity index (χ4n) is 6.72. The Morgan fingerprint density at radius 3 is 2.21 bits per heavy atom. The molecule has 4 fully saturated rings. The van der Waals surface area contributed by atoms with E-state index in [0.717, 1.165) is 24.8 Å². The van der Waals surface area contributed by atoms with Gasteiger partial charge in [-0.05, 0) is 86.3 Å². The molecule has 0 radical (unpaired) electrons. The molecule has 4 aliphatic rings. The summed E-state index contributed by atoms with van der Waals surface area (Å²) in [7, 11) is 1.39. The maximum Gasteiger partial charge on any atom is 0.387 e. The number of ether oxygens (including phenoxy) is 2. The van der Waals surface area contributed by atoms with Crippen molar-refractivity contribution in [3.63, 3.8) is 0 Å². The Morgan fingerprint density at radius 1 is 1.06 bits per heavy atom. The molecule has 0 saturated heterocycles. The van der Waals surface area contributed by atoms with Crippen molar-refractivity contribution >= 4 is 11.8 Å². The third kappa shape index (κ3) is 5.31. The fraction of sp³-hybridized carbons (Fsp3) is 0.692. The average Bonchev–Trinajstić information content (AvgIpc) is 2.76. The molecule has 6 nitrogen and oxygen atoms in total. The van der Waals surface area contributed by atoms with Crippen LogP contribution in [0.15, 0.2) is 18.2 Å². The second-order valence-corrected chi connectivity index (χ2v) is 10.8. The summed E-state index contributed by atoms with van der Waals surface area (Å²) in [5.41, 5.74) is 0.526. The monoisotopic (exact) mass is 478 g/mol. The van der Waals surface area contributed by atoms with Crippen LogP contribution in [0.2, 0.25) is 0 Å². The van der Waals surface area contributed by atoms with Gasteiger partial charge in [0.05, 0.1) is 7.11 Å². The minimum atomic E-state index is -2.93. The van der Waals surface area contributed by atoms with Crippen molar-refractivity contribution in [1.29, 1.82) is 0 Å². The summed E-state index contributed by atoms with van der Waals surface area (Å²) in [4.78, 5) is 26.4. The highest BCUT2D eigenvalue weighted by atomic mass is 19.3. The lowest BCUT2D eigenvalue weighted by Gasteiger charge is -2.55. The van der Waals surface area contributed by atoms with E-state index in [2.05, 4.69) is 15.4 Å². The standard InChI is InChI=1S/C26H36F2N2O4/c1-15(2)22(30-24(32)26-12-17-8-18(13-26)10-19(9-17)14-26)23(31)29-7-6-16-4-5-20(34-25(27)28)21(11-16)33-3/h4-5,11,15,17-19,22,25H,6-10,12-14H2,1-3H3,(H,29,31)(H,30,32). The second-order valence-electron chi connectivity index (χ2n) is 10.8. The summed E-state index contributed by atoms with van der Waals surface area (Å²) >= 11 is 0. The van der Waals surface area contributed by atoms with Crippen molar-refractivity contribution in [1.82, 2.24) is 10.6 Å². The van der Waals surface area contributed by atoms with Crippen LogP contribution in [0.25, 0.3) is 0 Å². The highest BCUT2D eigenvalue weighted by Gasteiger charge is 2.55.